The molecule has 0 aliphatic heterocycles. The minimum Gasteiger partial charge on any atom is -0.479 e. The Morgan fingerprint density at radius 3 is 2.29 bits per heavy atom. The van der Waals surface area contributed by atoms with E-state index in [1.807, 2.05) is 13.0 Å². The first kappa shape index (κ1) is 19.6. The lowest BCUT2D eigenvalue weighted by Gasteiger charge is -2.38. The van der Waals surface area contributed by atoms with Gasteiger partial charge in [-0.15, -0.1) is 0 Å². The van der Waals surface area contributed by atoms with Crippen molar-refractivity contribution >= 4 is 11.9 Å². The molecule has 21 heavy (non-hydrogen) atoms. The Kier molecular flexibility index (Phi) is 9.71. The number of likely N-dealkylation sites (N-methyl/N-ethyl adjacent to an activating group) is 1. The summed E-state index contributed by atoms with van der Waals surface area (Å²) < 4.78 is 0. The number of carboxylic acid groups (broad SMARTS) is 1. The molecule has 0 aromatic carbocycles. The van der Waals surface area contributed by atoms with Crippen molar-refractivity contribution in [3.63, 3.8) is 0 Å². The molecule has 1 amide bonds. The summed E-state index contributed by atoms with van der Waals surface area (Å²) in [7, 11) is 1.52. The van der Waals surface area contributed by atoms with Crippen LogP contribution in [0.1, 0.15) is 58.8 Å². The van der Waals surface area contributed by atoms with E-state index in [2.05, 4.69) is 6.92 Å². The molecule has 0 aliphatic rings. The molecule has 0 fully saturated rings. The topological polar surface area (TPSA) is 77.8 Å². The molecule has 5 nitrogen and oxygen atoms in total. The number of carbonyl (C=O) groups is 2. The summed E-state index contributed by atoms with van der Waals surface area (Å²) in [5, 5.41) is 18.7. The van der Waals surface area contributed by atoms with Gasteiger partial charge in [0.25, 0.3) is 0 Å². The Morgan fingerprint density at radius 2 is 1.81 bits per heavy atom. The first-order valence-electron chi connectivity index (χ1n) is 7.72. The molecule has 0 saturated heterocycles. The van der Waals surface area contributed by atoms with E-state index in [-0.39, 0.29) is 25.4 Å². The normalized spacial score (nSPS) is 14.1. The van der Waals surface area contributed by atoms with Crippen LogP contribution in [0.5, 0.6) is 0 Å². The first-order chi connectivity index (χ1) is 9.96. The van der Waals surface area contributed by atoms with Crippen molar-refractivity contribution in [2.24, 2.45) is 0 Å². The molecule has 0 rings (SSSR count). The molecule has 0 spiro atoms. The number of nitrogens with zero attached hydrogens (tertiary/aromatic N) is 1. The van der Waals surface area contributed by atoms with Gasteiger partial charge in [-0.25, -0.2) is 4.79 Å². The largest absolute Gasteiger partial charge is 0.479 e. The van der Waals surface area contributed by atoms with Crippen LogP contribution in [0.4, 0.5) is 0 Å². The molecule has 0 bridgehead atoms. The van der Waals surface area contributed by atoms with Crippen molar-refractivity contribution in [2.45, 2.75) is 64.3 Å². The van der Waals surface area contributed by atoms with E-state index >= 15 is 0 Å². The lowest BCUT2D eigenvalue weighted by atomic mass is 9.88. The Labute approximate surface area is 127 Å². The highest BCUT2D eigenvalue weighted by molar-refractivity contribution is 5.87. The second-order valence-electron chi connectivity index (χ2n) is 5.33. The number of rotatable bonds is 11. The number of carboxylic acids is 1. The molecule has 0 aromatic rings. The molecule has 1 atom stereocenters. The average molecular weight is 299 g/mol. The molecule has 122 valence electrons. The van der Waals surface area contributed by atoms with E-state index in [4.69, 9.17) is 5.11 Å². The Balaban J connectivity index is 4.85. The summed E-state index contributed by atoms with van der Waals surface area (Å²) >= 11 is 0. The molecule has 0 radical (unpaired) electrons. The number of aliphatic hydroxyl groups is 1. The highest BCUT2D eigenvalue weighted by atomic mass is 16.4. The molecule has 0 aliphatic carbocycles. The zero-order chi connectivity index (χ0) is 16.3. The predicted octanol–water partition coefficient (Wildman–Crippen LogP) is 2.59. The number of hydrogen-bond acceptors (Lipinski definition) is 3. The number of aliphatic carboxylic acids is 1. The zero-order valence-electron chi connectivity index (χ0n) is 13.5. The fourth-order valence-electron chi connectivity index (χ4n) is 2.42. The van der Waals surface area contributed by atoms with E-state index in [9.17, 15) is 14.7 Å². The molecule has 0 saturated carbocycles. The van der Waals surface area contributed by atoms with E-state index in [0.717, 1.165) is 19.3 Å². The van der Waals surface area contributed by atoms with Gasteiger partial charge in [0.05, 0.1) is 0 Å². The average Bonchev–Trinajstić information content (AvgIpc) is 2.45. The van der Waals surface area contributed by atoms with Crippen molar-refractivity contribution in [2.75, 3.05) is 13.7 Å². The first-order valence-corrected chi connectivity index (χ1v) is 7.72. The number of carbonyl (C=O) groups excluding carboxylic acids is 1. The smallest absolute Gasteiger partial charge is 0.329 e. The summed E-state index contributed by atoms with van der Waals surface area (Å²) in [4.78, 5) is 25.1. The van der Waals surface area contributed by atoms with E-state index < -0.39 is 11.5 Å². The van der Waals surface area contributed by atoms with Crippen LogP contribution < -0.4 is 0 Å². The summed E-state index contributed by atoms with van der Waals surface area (Å²) in [6.07, 6.45) is 8.11. The van der Waals surface area contributed by atoms with E-state index in [1.54, 1.807) is 6.08 Å². The molecule has 0 aromatic heterocycles. The van der Waals surface area contributed by atoms with Gasteiger partial charge in [0, 0.05) is 26.5 Å². The number of aliphatic hydroxyl groups excluding tert-OH is 1. The zero-order valence-corrected chi connectivity index (χ0v) is 13.5. The molecule has 5 heteroatoms. The van der Waals surface area contributed by atoms with Gasteiger partial charge in [0.1, 0.15) is 5.54 Å². The number of hydrogen-bond donors (Lipinski definition) is 2. The van der Waals surface area contributed by atoms with E-state index in [0.29, 0.717) is 12.8 Å². The standard InChI is InChI=1S/C16H29NO4/c1-4-6-7-8-9-10-14(19)17(3)16(11-5-2,12-13-18)15(20)21/h8-9,18H,4-7,10-13H2,1-3H3,(H,20,21)/b9-8+/t16-/m1/s1. The van der Waals surface area contributed by atoms with Gasteiger partial charge in [-0.3, -0.25) is 4.79 Å². The fraction of sp³-hybridized carbons (Fsp3) is 0.750. The maximum atomic E-state index is 12.2. The highest BCUT2D eigenvalue weighted by Crippen LogP contribution is 2.26. The van der Waals surface area contributed by atoms with Crippen LogP contribution >= 0.6 is 0 Å². The van der Waals surface area contributed by atoms with Crippen LogP contribution in [0.15, 0.2) is 12.2 Å². The van der Waals surface area contributed by atoms with Crippen molar-refractivity contribution in [1.82, 2.24) is 4.90 Å². The van der Waals surface area contributed by atoms with Gasteiger partial charge in [0.2, 0.25) is 5.91 Å². The van der Waals surface area contributed by atoms with Gasteiger partial charge in [-0.2, -0.15) is 0 Å². The minimum atomic E-state index is -1.31. The quantitative estimate of drug-likeness (QED) is 0.454. The van der Waals surface area contributed by atoms with Gasteiger partial charge in [-0.1, -0.05) is 45.3 Å². The second-order valence-corrected chi connectivity index (χ2v) is 5.33. The van der Waals surface area contributed by atoms with Crippen molar-refractivity contribution in [1.29, 1.82) is 0 Å². The van der Waals surface area contributed by atoms with Crippen molar-refractivity contribution < 1.29 is 19.8 Å². The van der Waals surface area contributed by atoms with E-state index in [1.165, 1.54) is 11.9 Å². The minimum absolute atomic E-state index is 0.0535. The summed E-state index contributed by atoms with van der Waals surface area (Å²) in [6, 6.07) is 0. The summed E-state index contributed by atoms with van der Waals surface area (Å²) in [6.45, 7) is 3.72. The maximum absolute atomic E-state index is 12.2. The van der Waals surface area contributed by atoms with Crippen LogP contribution in [0.2, 0.25) is 0 Å². The molecule has 2 N–H and O–H groups in total. The van der Waals surface area contributed by atoms with Crippen molar-refractivity contribution in [3.05, 3.63) is 12.2 Å². The third-order valence-electron chi connectivity index (χ3n) is 3.79. The third-order valence-corrected chi connectivity index (χ3v) is 3.79. The van der Waals surface area contributed by atoms with Crippen LogP contribution in [0.25, 0.3) is 0 Å². The van der Waals surface area contributed by atoms with Gasteiger partial charge in [0.15, 0.2) is 0 Å². The number of amides is 1. The molecule has 0 heterocycles. The Bertz CT molecular complexity index is 346. The Hall–Kier alpha value is -1.36. The summed E-state index contributed by atoms with van der Waals surface area (Å²) in [5.41, 5.74) is -1.31. The number of unbranched alkanes of at least 4 members (excludes halogenated alkanes) is 2. The lowest BCUT2D eigenvalue weighted by molar-refractivity contribution is -0.159. The van der Waals surface area contributed by atoms with Crippen LogP contribution in [-0.2, 0) is 9.59 Å². The monoisotopic (exact) mass is 299 g/mol. The van der Waals surface area contributed by atoms with Gasteiger partial charge >= 0.3 is 5.97 Å². The fourth-order valence-corrected chi connectivity index (χ4v) is 2.42. The maximum Gasteiger partial charge on any atom is 0.329 e. The van der Waals surface area contributed by atoms with Crippen LogP contribution in [0.3, 0.4) is 0 Å². The predicted molar refractivity (Wildman–Crippen MR) is 83.0 cm³/mol. The van der Waals surface area contributed by atoms with Crippen LogP contribution in [0, 0.1) is 0 Å². The van der Waals surface area contributed by atoms with Gasteiger partial charge in [-0.05, 0) is 12.8 Å². The third kappa shape index (κ3) is 5.87. The van der Waals surface area contributed by atoms with Crippen molar-refractivity contribution in [3.8, 4) is 0 Å². The SMILES string of the molecule is CCCC/C=C/CC(=O)N(C)[C@](CCC)(CCO)C(=O)O. The van der Waals surface area contributed by atoms with Gasteiger partial charge < -0.3 is 15.1 Å². The molecular formula is C16H29NO4. The van der Waals surface area contributed by atoms with Crippen LogP contribution in [-0.4, -0.2) is 46.2 Å². The summed E-state index contributed by atoms with van der Waals surface area (Å²) in [5.74, 6) is -1.28. The second kappa shape index (κ2) is 10.4. The highest BCUT2D eigenvalue weighted by Gasteiger charge is 2.43. The lowest BCUT2D eigenvalue weighted by Crippen LogP contribution is -2.55. The molecule has 0 unspecified atom stereocenters. The number of allylic oxidation sites excluding steroid dienone is 1. The molecular weight excluding hydrogens is 270 g/mol. The Morgan fingerprint density at radius 1 is 1.14 bits per heavy atom.